The third-order valence-electron chi connectivity index (χ3n) is 0.326. The van der Waals surface area contributed by atoms with E-state index in [1.54, 1.807) is 11.4 Å². The Morgan fingerprint density at radius 1 is 1.83 bits per heavy atom. The first-order valence-electron chi connectivity index (χ1n) is 1.39. The van der Waals surface area contributed by atoms with Crippen LogP contribution < -0.4 is 0 Å². The first-order chi connectivity index (χ1) is 2.56. The summed E-state index contributed by atoms with van der Waals surface area (Å²) in [6.07, 6.45) is 1.94. The molecule has 0 heterocycles. The van der Waals surface area contributed by atoms with Crippen LogP contribution in [0.1, 0.15) is 0 Å². The van der Waals surface area contributed by atoms with Crippen molar-refractivity contribution in [2.75, 3.05) is 12.9 Å². The molecule has 0 aromatic carbocycles. The minimum Gasteiger partial charge on any atom is -0.113 e. The molecule has 0 N–H and O–H groups in total. The summed E-state index contributed by atoms with van der Waals surface area (Å²) in [6, 6.07) is 0. The fraction of sp³-hybridized carbons (Fsp3) is 1.00. The summed E-state index contributed by atoms with van der Waals surface area (Å²) in [6.45, 7) is 1.90. The number of hydrogen-bond donors (Lipinski definition) is 0. The highest BCUT2D eigenvalue weighted by Crippen LogP contribution is 2.58. The Labute approximate surface area is 52.2 Å². The second-order valence-electron chi connectivity index (χ2n) is 0.929. The molecule has 0 aromatic heterocycles. The van der Waals surface area contributed by atoms with Crippen LogP contribution in [-0.4, -0.2) is 12.9 Å². The van der Waals surface area contributed by atoms with Crippen molar-refractivity contribution in [2.24, 2.45) is 0 Å². The number of rotatable bonds is 1. The van der Waals surface area contributed by atoms with Crippen LogP contribution in [0.15, 0.2) is 0 Å². The first-order valence-corrected chi connectivity index (χ1v) is 7.37. The molecule has 0 aromatic rings. The Morgan fingerprint density at radius 3 is 2.00 bits per heavy atom. The zero-order chi connectivity index (χ0) is 5.21. The van der Waals surface area contributed by atoms with Crippen LogP contribution in [0.25, 0.3) is 0 Å². The van der Waals surface area contributed by atoms with Gasteiger partial charge in [0.25, 0.3) is 0 Å². The van der Waals surface area contributed by atoms with Gasteiger partial charge in [-0.2, -0.15) is 0 Å². The highest BCUT2D eigenvalue weighted by molar-refractivity contribution is 8.77. The van der Waals surface area contributed by atoms with Crippen LogP contribution in [0.2, 0.25) is 0 Å². The van der Waals surface area contributed by atoms with E-state index in [0.29, 0.717) is 0 Å². The van der Waals surface area contributed by atoms with E-state index in [-0.39, 0.29) is 0 Å². The topological polar surface area (TPSA) is 0 Å². The Hall–Kier alpha value is 1.29. The zero-order valence-corrected chi connectivity index (χ0v) is 6.93. The van der Waals surface area contributed by atoms with Crippen LogP contribution in [0, 0.1) is 0 Å². The monoisotopic (exact) mass is 160 g/mol. The van der Waals surface area contributed by atoms with Gasteiger partial charge in [-0.05, 0) is 12.9 Å². The smallest absolute Gasteiger partial charge is 0.0857 e. The lowest BCUT2D eigenvalue weighted by molar-refractivity contribution is 2.46. The molecule has 0 saturated heterocycles. The first kappa shape index (κ1) is 7.29. The molecule has 0 radical (unpaired) electrons. The van der Waals surface area contributed by atoms with Crippen molar-refractivity contribution in [3.63, 3.8) is 0 Å². The molecule has 0 amide bonds. The minimum atomic E-state index is -1.42. The molecule has 0 spiro atoms. The summed E-state index contributed by atoms with van der Waals surface area (Å²) in [7, 11) is 0. The summed E-state index contributed by atoms with van der Waals surface area (Å²) in [4.78, 5) is 0. The SMILES string of the molecule is CSP(C)(=S)Cl. The van der Waals surface area contributed by atoms with Crippen molar-refractivity contribution in [1.82, 2.24) is 0 Å². The van der Waals surface area contributed by atoms with Gasteiger partial charge in [0.2, 0.25) is 0 Å². The van der Waals surface area contributed by atoms with Gasteiger partial charge in [0.15, 0.2) is 0 Å². The number of hydrogen-bond acceptors (Lipinski definition) is 2. The quantitative estimate of drug-likeness (QED) is 0.541. The van der Waals surface area contributed by atoms with Crippen molar-refractivity contribution in [3.8, 4) is 0 Å². The van der Waals surface area contributed by atoms with E-state index < -0.39 is 4.59 Å². The lowest BCUT2D eigenvalue weighted by Gasteiger charge is -1.96. The van der Waals surface area contributed by atoms with Crippen LogP contribution >= 0.6 is 27.2 Å². The minimum absolute atomic E-state index is 1.42. The third-order valence-corrected chi connectivity index (χ3v) is 5.52. The van der Waals surface area contributed by atoms with E-state index in [1.165, 1.54) is 0 Å². The van der Waals surface area contributed by atoms with E-state index in [9.17, 15) is 0 Å². The fourth-order valence-electron chi connectivity index (χ4n) is 0. The average molecular weight is 161 g/mol. The van der Waals surface area contributed by atoms with Crippen molar-refractivity contribution >= 4 is 39.0 Å². The van der Waals surface area contributed by atoms with Crippen LogP contribution in [0.3, 0.4) is 0 Å². The van der Waals surface area contributed by atoms with Crippen molar-refractivity contribution in [1.29, 1.82) is 0 Å². The molecule has 0 saturated carbocycles. The van der Waals surface area contributed by atoms with Gasteiger partial charge in [0.1, 0.15) is 0 Å². The molecule has 4 heteroatoms. The summed E-state index contributed by atoms with van der Waals surface area (Å²) >= 11 is 12.0. The van der Waals surface area contributed by atoms with Gasteiger partial charge in [-0.25, -0.2) is 0 Å². The van der Waals surface area contributed by atoms with Crippen LogP contribution in [-0.2, 0) is 11.8 Å². The highest BCUT2D eigenvalue weighted by atomic mass is 35.7. The van der Waals surface area contributed by atoms with E-state index in [0.717, 1.165) is 0 Å². The van der Waals surface area contributed by atoms with Gasteiger partial charge < -0.3 is 0 Å². The summed E-state index contributed by atoms with van der Waals surface area (Å²) < 4.78 is -1.42. The maximum atomic E-state index is 5.61. The van der Waals surface area contributed by atoms with E-state index in [1.807, 2.05) is 12.9 Å². The molecular formula is C2H6ClPS2. The predicted octanol–water partition coefficient (Wildman–Crippen LogP) is 2.53. The molecule has 38 valence electrons. The van der Waals surface area contributed by atoms with Gasteiger partial charge in [0, 0.05) is 0 Å². The second-order valence-corrected chi connectivity index (χ2v) is 12.2. The maximum Gasteiger partial charge on any atom is 0.0857 e. The van der Waals surface area contributed by atoms with Crippen molar-refractivity contribution in [2.45, 2.75) is 0 Å². The molecule has 0 bridgehead atoms. The maximum absolute atomic E-state index is 5.61. The van der Waals surface area contributed by atoms with Crippen molar-refractivity contribution < 1.29 is 0 Å². The summed E-state index contributed by atoms with van der Waals surface area (Å²) in [5.41, 5.74) is 0. The van der Waals surface area contributed by atoms with Gasteiger partial charge in [0.05, 0.1) is 4.59 Å². The lowest BCUT2D eigenvalue weighted by Crippen LogP contribution is -1.47. The zero-order valence-electron chi connectivity index (χ0n) is 3.64. The molecule has 0 aliphatic rings. The molecule has 0 nitrogen and oxygen atoms in total. The number of halogens is 1. The Kier molecular flexibility index (Phi) is 3.11. The Morgan fingerprint density at radius 2 is 2.00 bits per heavy atom. The second kappa shape index (κ2) is 2.56. The molecule has 0 aliphatic heterocycles. The third kappa shape index (κ3) is 5.29. The van der Waals surface area contributed by atoms with E-state index >= 15 is 0 Å². The predicted molar refractivity (Wildman–Crippen MR) is 39.6 cm³/mol. The van der Waals surface area contributed by atoms with Crippen molar-refractivity contribution in [3.05, 3.63) is 0 Å². The average Bonchev–Trinajstić information content (AvgIpc) is 1.35. The Bertz CT molecular complexity index is 75.6. The molecule has 0 aliphatic carbocycles. The van der Waals surface area contributed by atoms with Gasteiger partial charge >= 0.3 is 0 Å². The highest BCUT2D eigenvalue weighted by Gasteiger charge is 1.97. The summed E-state index contributed by atoms with van der Waals surface area (Å²) in [5.74, 6) is 0. The van der Waals surface area contributed by atoms with Gasteiger partial charge in [-0.3, -0.25) is 0 Å². The molecule has 1 atom stereocenters. The fourth-order valence-corrected chi connectivity index (χ4v) is 0. The molecule has 6 heavy (non-hydrogen) atoms. The largest absolute Gasteiger partial charge is 0.113 e. The van der Waals surface area contributed by atoms with E-state index in [4.69, 9.17) is 23.0 Å². The molecular weight excluding hydrogens is 155 g/mol. The molecule has 0 fully saturated rings. The van der Waals surface area contributed by atoms with Crippen LogP contribution in [0.4, 0.5) is 0 Å². The van der Waals surface area contributed by atoms with E-state index in [2.05, 4.69) is 0 Å². The Balaban J connectivity index is 3.48. The standard InChI is InChI=1S/C2H6ClPS2/c1-4(3,5)6-2/h1-2H3. The normalized spacial score (nSPS) is 19.8. The molecule has 0 rings (SSSR count). The summed E-state index contributed by atoms with van der Waals surface area (Å²) in [5, 5.41) is 0. The van der Waals surface area contributed by atoms with Gasteiger partial charge in [-0.15, -0.1) is 11.4 Å². The lowest BCUT2D eigenvalue weighted by atomic mass is 12.0. The van der Waals surface area contributed by atoms with Gasteiger partial charge in [-0.1, -0.05) is 23.0 Å². The molecule has 1 unspecified atom stereocenters. The van der Waals surface area contributed by atoms with Crippen LogP contribution in [0.5, 0.6) is 0 Å².